The third-order valence-corrected chi connectivity index (χ3v) is 3.39. The fraction of sp³-hybridized carbons (Fsp3) is 0.533. The number of nitrogens with one attached hydrogen (secondary N) is 1. The predicted molar refractivity (Wildman–Crippen MR) is 85.9 cm³/mol. The first kappa shape index (κ1) is 17.8. The van der Waals surface area contributed by atoms with Crippen molar-refractivity contribution in [3.63, 3.8) is 0 Å². The Kier molecular flexibility index (Phi) is 8.12. The van der Waals surface area contributed by atoms with E-state index in [1.165, 1.54) is 0 Å². The van der Waals surface area contributed by atoms with Crippen LogP contribution in [0.3, 0.4) is 0 Å². The number of oxime groups is 1. The standard InChI is InChI=1S/C15H24ClN3O2/c1-11(2)5-7-21-8-6-18-10-13-4-3-12(9-14(13)16)15(17)19-20/h3-4,9,11,18,20H,5-8,10H2,1-2H3,(H2,17,19). The summed E-state index contributed by atoms with van der Waals surface area (Å²) in [6.45, 7) is 7.28. The SMILES string of the molecule is CC(C)CCOCCNCc1ccc(/C(N)=N/O)cc1Cl. The van der Waals surface area contributed by atoms with Crippen molar-refractivity contribution in [2.24, 2.45) is 16.8 Å². The average Bonchev–Trinajstić information content (AvgIpc) is 2.46. The van der Waals surface area contributed by atoms with E-state index in [9.17, 15) is 0 Å². The van der Waals surface area contributed by atoms with Crippen molar-refractivity contribution < 1.29 is 9.94 Å². The van der Waals surface area contributed by atoms with E-state index in [0.29, 0.717) is 29.7 Å². The van der Waals surface area contributed by atoms with Gasteiger partial charge in [-0.25, -0.2) is 0 Å². The number of benzene rings is 1. The van der Waals surface area contributed by atoms with Gasteiger partial charge in [0.2, 0.25) is 0 Å². The van der Waals surface area contributed by atoms with Crippen LogP contribution in [0.5, 0.6) is 0 Å². The normalized spacial score (nSPS) is 12.1. The zero-order valence-corrected chi connectivity index (χ0v) is 13.4. The number of hydrogen-bond acceptors (Lipinski definition) is 4. The highest BCUT2D eigenvalue weighted by Gasteiger charge is 2.04. The number of nitrogens with two attached hydrogens (primary N) is 1. The molecule has 5 nitrogen and oxygen atoms in total. The molecule has 1 rings (SSSR count). The molecular formula is C15H24ClN3O2. The maximum absolute atomic E-state index is 8.62. The van der Waals surface area contributed by atoms with Crippen molar-refractivity contribution >= 4 is 17.4 Å². The maximum atomic E-state index is 8.62. The Morgan fingerprint density at radius 3 is 2.81 bits per heavy atom. The third-order valence-electron chi connectivity index (χ3n) is 3.03. The van der Waals surface area contributed by atoms with Gasteiger partial charge in [-0.05, 0) is 24.0 Å². The molecule has 0 aliphatic rings. The van der Waals surface area contributed by atoms with Crippen molar-refractivity contribution in [3.8, 4) is 0 Å². The molecule has 0 bridgehead atoms. The third kappa shape index (κ3) is 6.80. The zero-order chi connectivity index (χ0) is 15.7. The topological polar surface area (TPSA) is 79.9 Å². The van der Waals surface area contributed by atoms with E-state index in [1.807, 2.05) is 6.07 Å². The molecule has 0 unspecified atom stereocenters. The summed E-state index contributed by atoms with van der Waals surface area (Å²) in [7, 11) is 0. The number of nitrogens with zero attached hydrogens (tertiary/aromatic N) is 1. The van der Waals surface area contributed by atoms with Gasteiger partial charge < -0.3 is 21.0 Å². The molecule has 0 aliphatic carbocycles. The molecule has 6 heteroatoms. The first-order valence-electron chi connectivity index (χ1n) is 7.09. The molecule has 118 valence electrons. The van der Waals surface area contributed by atoms with Crippen LogP contribution in [0, 0.1) is 5.92 Å². The fourth-order valence-corrected chi connectivity index (χ4v) is 1.94. The quantitative estimate of drug-likeness (QED) is 0.215. The number of halogens is 1. The largest absolute Gasteiger partial charge is 0.409 e. The Bertz CT molecular complexity index is 464. The van der Waals surface area contributed by atoms with Gasteiger partial charge in [0.15, 0.2) is 5.84 Å². The summed E-state index contributed by atoms with van der Waals surface area (Å²) in [5, 5.41) is 15.4. The minimum absolute atomic E-state index is 0.0509. The van der Waals surface area contributed by atoms with E-state index in [4.69, 9.17) is 27.3 Å². The highest BCUT2D eigenvalue weighted by molar-refractivity contribution is 6.31. The lowest BCUT2D eigenvalue weighted by Crippen LogP contribution is -2.20. The van der Waals surface area contributed by atoms with Gasteiger partial charge in [-0.2, -0.15) is 0 Å². The van der Waals surface area contributed by atoms with Gasteiger partial charge in [0.25, 0.3) is 0 Å². The van der Waals surface area contributed by atoms with Crippen LogP contribution in [-0.2, 0) is 11.3 Å². The Balaban J connectivity index is 2.30. The van der Waals surface area contributed by atoms with E-state index in [2.05, 4.69) is 24.3 Å². The molecule has 0 saturated carbocycles. The van der Waals surface area contributed by atoms with Crippen molar-refractivity contribution in [1.29, 1.82) is 0 Å². The van der Waals surface area contributed by atoms with Gasteiger partial charge in [0.1, 0.15) is 0 Å². The van der Waals surface area contributed by atoms with Gasteiger partial charge >= 0.3 is 0 Å². The highest BCUT2D eigenvalue weighted by atomic mass is 35.5. The second kappa shape index (κ2) is 9.60. The van der Waals surface area contributed by atoms with Gasteiger partial charge in [-0.3, -0.25) is 0 Å². The van der Waals surface area contributed by atoms with Crippen LogP contribution in [0.25, 0.3) is 0 Å². The van der Waals surface area contributed by atoms with Gasteiger partial charge in [0, 0.05) is 30.3 Å². The number of amidine groups is 1. The molecule has 0 heterocycles. The first-order valence-corrected chi connectivity index (χ1v) is 7.47. The average molecular weight is 314 g/mol. The van der Waals surface area contributed by atoms with Crippen LogP contribution >= 0.6 is 11.6 Å². The molecule has 1 aromatic carbocycles. The molecule has 0 atom stereocenters. The summed E-state index contributed by atoms with van der Waals surface area (Å²) < 4.78 is 5.52. The molecule has 21 heavy (non-hydrogen) atoms. The number of hydrogen-bond donors (Lipinski definition) is 3. The lowest BCUT2D eigenvalue weighted by molar-refractivity contribution is 0.125. The molecule has 0 aliphatic heterocycles. The van der Waals surface area contributed by atoms with Crippen LogP contribution in [0.15, 0.2) is 23.4 Å². The van der Waals surface area contributed by atoms with Crippen LogP contribution < -0.4 is 11.1 Å². The van der Waals surface area contributed by atoms with Crippen molar-refractivity contribution in [1.82, 2.24) is 5.32 Å². The van der Waals surface area contributed by atoms with Crippen molar-refractivity contribution in [2.45, 2.75) is 26.8 Å². The maximum Gasteiger partial charge on any atom is 0.170 e. The molecule has 0 radical (unpaired) electrons. The van der Waals surface area contributed by atoms with Crippen LogP contribution in [0.2, 0.25) is 5.02 Å². The first-order chi connectivity index (χ1) is 10.0. The summed E-state index contributed by atoms with van der Waals surface area (Å²) in [6, 6.07) is 5.33. The lowest BCUT2D eigenvalue weighted by Gasteiger charge is -2.09. The molecule has 0 spiro atoms. The summed E-state index contributed by atoms with van der Waals surface area (Å²) in [4.78, 5) is 0. The fourth-order valence-electron chi connectivity index (χ4n) is 1.70. The Morgan fingerprint density at radius 2 is 2.19 bits per heavy atom. The van der Waals surface area contributed by atoms with Crippen LogP contribution in [0.4, 0.5) is 0 Å². The van der Waals surface area contributed by atoms with Crippen molar-refractivity contribution in [2.75, 3.05) is 19.8 Å². The van der Waals surface area contributed by atoms with E-state index < -0.39 is 0 Å². The molecular weight excluding hydrogens is 290 g/mol. The minimum atomic E-state index is 0.0509. The van der Waals surface area contributed by atoms with E-state index >= 15 is 0 Å². The summed E-state index contributed by atoms with van der Waals surface area (Å²) in [6.07, 6.45) is 1.08. The van der Waals surface area contributed by atoms with Gasteiger partial charge in [0.05, 0.1) is 6.61 Å². The number of rotatable bonds is 9. The van der Waals surface area contributed by atoms with Gasteiger partial charge in [-0.1, -0.05) is 42.7 Å². The molecule has 1 aromatic rings. The minimum Gasteiger partial charge on any atom is -0.409 e. The zero-order valence-electron chi connectivity index (χ0n) is 12.6. The monoisotopic (exact) mass is 313 g/mol. The highest BCUT2D eigenvalue weighted by Crippen LogP contribution is 2.17. The molecule has 0 fully saturated rings. The van der Waals surface area contributed by atoms with Crippen molar-refractivity contribution in [3.05, 3.63) is 34.3 Å². The summed E-state index contributed by atoms with van der Waals surface area (Å²) in [5.74, 6) is 0.722. The Morgan fingerprint density at radius 1 is 1.43 bits per heavy atom. The second-order valence-corrected chi connectivity index (χ2v) is 5.67. The Hall–Kier alpha value is -1.30. The molecule has 4 N–H and O–H groups in total. The van der Waals surface area contributed by atoms with E-state index in [-0.39, 0.29) is 5.84 Å². The Labute approximate surface area is 131 Å². The summed E-state index contributed by atoms with van der Waals surface area (Å²) >= 11 is 6.16. The smallest absolute Gasteiger partial charge is 0.170 e. The van der Waals surface area contributed by atoms with Crippen LogP contribution in [0.1, 0.15) is 31.4 Å². The summed E-state index contributed by atoms with van der Waals surface area (Å²) in [5.41, 5.74) is 7.08. The lowest BCUT2D eigenvalue weighted by atomic mass is 10.1. The van der Waals surface area contributed by atoms with E-state index in [1.54, 1.807) is 12.1 Å². The predicted octanol–water partition coefficient (Wildman–Crippen LogP) is 2.59. The van der Waals surface area contributed by atoms with E-state index in [0.717, 1.165) is 25.1 Å². The van der Waals surface area contributed by atoms with Gasteiger partial charge in [-0.15, -0.1) is 0 Å². The molecule has 0 saturated heterocycles. The number of ether oxygens (including phenoxy) is 1. The van der Waals surface area contributed by atoms with Crippen LogP contribution in [-0.4, -0.2) is 30.8 Å². The molecule has 0 aromatic heterocycles. The second-order valence-electron chi connectivity index (χ2n) is 5.26. The molecule has 0 amide bonds.